The Morgan fingerprint density at radius 3 is 2.65 bits per heavy atom. The van der Waals surface area contributed by atoms with Crippen molar-refractivity contribution in [1.29, 1.82) is 0 Å². The van der Waals surface area contributed by atoms with Crippen LogP contribution in [0.2, 0.25) is 0 Å². The number of nitrogens with one attached hydrogen (secondary N) is 1. The molecule has 0 saturated carbocycles. The molecule has 0 aliphatic carbocycles. The van der Waals surface area contributed by atoms with Crippen LogP contribution in [-0.2, 0) is 16.1 Å². The molecule has 1 saturated heterocycles. The van der Waals surface area contributed by atoms with E-state index in [-0.39, 0.29) is 23.6 Å². The highest BCUT2D eigenvalue weighted by Crippen LogP contribution is 2.27. The van der Waals surface area contributed by atoms with Crippen LogP contribution in [-0.4, -0.2) is 44.1 Å². The number of hydrogen-bond donors (Lipinski definition) is 1. The normalized spacial score (nSPS) is 15.5. The number of anilines is 1. The van der Waals surface area contributed by atoms with Gasteiger partial charge in [-0.1, -0.05) is 11.8 Å². The third kappa shape index (κ3) is 5.35. The zero-order valence-electron chi connectivity index (χ0n) is 18.2. The highest BCUT2D eigenvalue weighted by molar-refractivity contribution is 7.99. The number of rotatable bonds is 8. The number of benzene rings is 2. The molecule has 0 spiro atoms. The molecule has 0 bridgehead atoms. The summed E-state index contributed by atoms with van der Waals surface area (Å²) in [7, 11) is 0. The fraction of sp³-hybridized carbons (Fsp3) is 0.250. The number of thiazole rings is 1. The summed E-state index contributed by atoms with van der Waals surface area (Å²) in [6.45, 7) is 1.33. The van der Waals surface area contributed by atoms with Crippen LogP contribution in [0.25, 0.3) is 22.0 Å². The van der Waals surface area contributed by atoms with Gasteiger partial charge in [-0.3, -0.25) is 9.36 Å². The van der Waals surface area contributed by atoms with E-state index >= 15 is 0 Å². The van der Waals surface area contributed by atoms with Gasteiger partial charge < -0.3 is 10.1 Å². The van der Waals surface area contributed by atoms with E-state index in [0.29, 0.717) is 17.5 Å². The van der Waals surface area contributed by atoms with Gasteiger partial charge in [-0.15, -0.1) is 21.5 Å². The molecule has 34 heavy (non-hydrogen) atoms. The average Bonchev–Trinajstić information content (AvgIpc) is 3.62. The van der Waals surface area contributed by atoms with E-state index in [2.05, 4.69) is 20.5 Å². The standard InChI is InChI=1S/C24H22FN5O2S2/c25-18-7-3-16(4-8-18)22-28-29-24(30(22)14-20-2-1-12-32-20)34-15-21(31)27-19-9-5-17(6-10-19)23-26-11-13-33-23/h3-11,13,20H,1-2,12,14-15H2,(H,27,31)/t20-/m0/s1. The number of hydrogen-bond acceptors (Lipinski definition) is 7. The first-order valence-corrected chi connectivity index (χ1v) is 12.8. The van der Waals surface area contributed by atoms with Crippen LogP contribution < -0.4 is 5.32 Å². The second kappa shape index (κ2) is 10.5. The summed E-state index contributed by atoms with van der Waals surface area (Å²) in [5.74, 6) is 0.375. The van der Waals surface area contributed by atoms with Crippen molar-refractivity contribution >= 4 is 34.7 Å². The van der Waals surface area contributed by atoms with Crippen LogP contribution in [0.4, 0.5) is 10.1 Å². The van der Waals surface area contributed by atoms with Crippen molar-refractivity contribution in [2.24, 2.45) is 0 Å². The monoisotopic (exact) mass is 495 g/mol. The number of thioether (sulfide) groups is 1. The van der Waals surface area contributed by atoms with E-state index in [4.69, 9.17) is 4.74 Å². The number of halogens is 1. The number of nitrogens with zero attached hydrogens (tertiary/aromatic N) is 4. The molecular weight excluding hydrogens is 473 g/mol. The predicted octanol–water partition coefficient (Wildman–Crippen LogP) is 5.12. The summed E-state index contributed by atoms with van der Waals surface area (Å²) in [4.78, 5) is 16.9. The van der Waals surface area contributed by atoms with Gasteiger partial charge in [0.1, 0.15) is 10.8 Å². The minimum Gasteiger partial charge on any atom is -0.376 e. The van der Waals surface area contributed by atoms with Gasteiger partial charge in [0.2, 0.25) is 5.91 Å². The second-order valence-electron chi connectivity index (χ2n) is 7.81. The van der Waals surface area contributed by atoms with E-state index in [1.165, 1.54) is 23.9 Å². The molecule has 0 radical (unpaired) electrons. The number of carbonyl (C=O) groups excluding carboxylic acids is 1. The van der Waals surface area contributed by atoms with Gasteiger partial charge >= 0.3 is 0 Å². The largest absolute Gasteiger partial charge is 0.376 e. The fourth-order valence-corrected chi connectivity index (χ4v) is 5.15. The molecule has 7 nitrogen and oxygen atoms in total. The summed E-state index contributed by atoms with van der Waals surface area (Å²) in [5.41, 5.74) is 2.50. The fourth-order valence-electron chi connectivity index (χ4n) is 3.75. The molecule has 174 valence electrons. The third-order valence-electron chi connectivity index (χ3n) is 5.41. The Balaban J connectivity index is 1.26. The number of carbonyl (C=O) groups is 1. The molecule has 1 aliphatic rings. The Kier molecular flexibility index (Phi) is 6.98. The van der Waals surface area contributed by atoms with Crippen molar-refractivity contribution in [2.75, 3.05) is 17.7 Å². The molecule has 1 fully saturated rings. The molecule has 1 N–H and O–H groups in total. The van der Waals surface area contributed by atoms with Gasteiger partial charge in [-0.05, 0) is 61.4 Å². The summed E-state index contributed by atoms with van der Waals surface area (Å²) in [6.07, 6.45) is 3.82. The molecule has 4 aromatic rings. The zero-order chi connectivity index (χ0) is 23.3. The van der Waals surface area contributed by atoms with Crippen molar-refractivity contribution in [1.82, 2.24) is 19.7 Å². The Morgan fingerprint density at radius 1 is 1.15 bits per heavy atom. The van der Waals surface area contributed by atoms with E-state index in [9.17, 15) is 9.18 Å². The van der Waals surface area contributed by atoms with Crippen LogP contribution in [0.15, 0.2) is 65.3 Å². The van der Waals surface area contributed by atoms with Gasteiger partial charge in [0, 0.05) is 35.0 Å². The maximum atomic E-state index is 13.4. The first kappa shape index (κ1) is 22.7. The lowest BCUT2D eigenvalue weighted by molar-refractivity contribution is -0.113. The van der Waals surface area contributed by atoms with Crippen LogP contribution in [0, 0.1) is 5.82 Å². The minimum atomic E-state index is -0.306. The molecule has 2 aromatic heterocycles. The van der Waals surface area contributed by atoms with Gasteiger partial charge in [-0.25, -0.2) is 9.37 Å². The molecular formula is C24H22FN5O2S2. The zero-order valence-corrected chi connectivity index (χ0v) is 19.8. The maximum Gasteiger partial charge on any atom is 0.234 e. The highest BCUT2D eigenvalue weighted by Gasteiger charge is 2.22. The van der Waals surface area contributed by atoms with E-state index in [1.807, 2.05) is 34.2 Å². The number of amides is 1. The molecule has 0 unspecified atom stereocenters. The van der Waals surface area contributed by atoms with Crippen molar-refractivity contribution in [3.05, 3.63) is 65.9 Å². The molecule has 5 rings (SSSR count). The lowest BCUT2D eigenvalue weighted by atomic mass is 10.2. The van der Waals surface area contributed by atoms with Crippen molar-refractivity contribution in [3.63, 3.8) is 0 Å². The summed E-state index contributed by atoms with van der Waals surface area (Å²) < 4.78 is 21.2. The van der Waals surface area contributed by atoms with Gasteiger partial charge in [0.05, 0.1) is 18.4 Å². The van der Waals surface area contributed by atoms with Crippen LogP contribution in [0.1, 0.15) is 12.8 Å². The van der Waals surface area contributed by atoms with Crippen LogP contribution in [0.5, 0.6) is 0 Å². The SMILES string of the molecule is O=C(CSc1nnc(-c2ccc(F)cc2)n1C[C@@H]1CCCO1)Nc1ccc(-c2nccs2)cc1. The quantitative estimate of drug-likeness (QED) is 0.342. The summed E-state index contributed by atoms with van der Waals surface area (Å²) in [6, 6.07) is 13.8. The Morgan fingerprint density at radius 2 is 1.94 bits per heavy atom. The molecule has 1 amide bonds. The van der Waals surface area contributed by atoms with E-state index in [0.717, 1.165) is 41.3 Å². The average molecular weight is 496 g/mol. The van der Waals surface area contributed by atoms with Crippen LogP contribution in [0.3, 0.4) is 0 Å². The Hall–Kier alpha value is -3.08. The Labute approximate surface area is 204 Å². The Bertz CT molecular complexity index is 1240. The van der Waals surface area contributed by atoms with E-state index in [1.54, 1.807) is 29.7 Å². The van der Waals surface area contributed by atoms with Gasteiger partial charge in [0.15, 0.2) is 11.0 Å². The summed E-state index contributed by atoms with van der Waals surface area (Å²) >= 11 is 2.89. The minimum absolute atomic E-state index is 0.0692. The topological polar surface area (TPSA) is 81.9 Å². The maximum absolute atomic E-state index is 13.4. The predicted molar refractivity (Wildman–Crippen MR) is 131 cm³/mol. The second-order valence-corrected chi connectivity index (χ2v) is 9.65. The van der Waals surface area contributed by atoms with Crippen molar-refractivity contribution in [3.8, 4) is 22.0 Å². The van der Waals surface area contributed by atoms with Gasteiger partial charge in [0.25, 0.3) is 0 Å². The first-order valence-electron chi connectivity index (χ1n) is 10.9. The van der Waals surface area contributed by atoms with Crippen molar-refractivity contribution < 1.29 is 13.9 Å². The smallest absolute Gasteiger partial charge is 0.234 e. The lowest BCUT2D eigenvalue weighted by Gasteiger charge is -2.14. The molecule has 2 aromatic carbocycles. The highest BCUT2D eigenvalue weighted by atomic mass is 32.2. The molecule has 1 atom stereocenters. The number of aromatic nitrogens is 4. The van der Waals surface area contributed by atoms with E-state index < -0.39 is 0 Å². The van der Waals surface area contributed by atoms with Crippen LogP contribution >= 0.6 is 23.1 Å². The first-order chi connectivity index (χ1) is 16.7. The third-order valence-corrected chi connectivity index (χ3v) is 7.20. The number of ether oxygens (including phenoxy) is 1. The molecule has 10 heteroatoms. The molecule has 3 heterocycles. The summed E-state index contributed by atoms with van der Waals surface area (Å²) in [5, 5.41) is 15.1. The van der Waals surface area contributed by atoms with Crippen molar-refractivity contribution in [2.45, 2.75) is 30.6 Å². The lowest BCUT2D eigenvalue weighted by Crippen LogP contribution is -2.18. The molecule has 1 aliphatic heterocycles. The van der Waals surface area contributed by atoms with Gasteiger partial charge in [-0.2, -0.15) is 0 Å².